The smallest absolute Gasteiger partial charge is 0.162 e. The third-order valence-electron chi connectivity index (χ3n) is 3.45. The van der Waals surface area contributed by atoms with Gasteiger partial charge in [0.1, 0.15) is 5.82 Å². The molecule has 4 nitrogen and oxygen atoms in total. The minimum atomic E-state index is 0.0372. The van der Waals surface area contributed by atoms with E-state index in [-0.39, 0.29) is 5.92 Å². The fraction of sp³-hybridized carbons (Fsp3) is 0.176. The lowest BCUT2D eigenvalue weighted by molar-refractivity contribution is 0.862. The third-order valence-corrected chi connectivity index (χ3v) is 3.45. The summed E-state index contributed by atoms with van der Waals surface area (Å²) in [6.07, 6.45) is 0.712. The fourth-order valence-electron chi connectivity index (χ4n) is 2.47. The highest BCUT2D eigenvalue weighted by atomic mass is 15.2. The number of aromatic amines is 1. The number of benzene rings is 2. The van der Waals surface area contributed by atoms with Crippen LogP contribution in [0.3, 0.4) is 0 Å². The van der Waals surface area contributed by atoms with Gasteiger partial charge in [-0.3, -0.25) is 5.10 Å². The van der Waals surface area contributed by atoms with E-state index in [2.05, 4.69) is 39.4 Å². The van der Waals surface area contributed by atoms with Gasteiger partial charge in [0.25, 0.3) is 0 Å². The fourth-order valence-corrected chi connectivity index (χ4v) is 2.47. The van der Waals surface area contributed by atoms with Crippen LogP contribution < -0.4 is 5.73 Å². The first-order chi connectivity index (χ1) is 10.4. The summed E-state index contributed by atoms with van der Waals surface area (Å²) in [4.78, 5) is 4.61. The summed E-state index contributed by atoms with van der Waals surface area (Å²) in [5.41, 5.74) is 7.95. The third kappa shape index (κ3) is 3.01. The summed E-state index contributed by atoms with van der Waals surface area (Å²) in [7, 11) is 0. The van der Waals surface area contributed by atoms with Crippen LogP contribution in [0.25, 0.3) is 0 Å². The maximum Gasteiger partial charge on any atom is 0.162 e. The van der Waals surface area contributed by atoms with Crippen molar-refractivity contribution in [2.24, 2.45) is 5.73 Å². The normalized spacial score (nSPS) is 11.0. The summed E-state index contributed by atoms with van der Waals surface area (Å²) in [6, 6.07) is 20.6. The average molecular weight is 278 g/mol. The molecular weight excluding hydrogens is 260 g/mol. The van der Waals surface area contributed by atoms with Crippen LogP contribution in [0.5, 0.6) is 0 Å². The number of nitrogens with two attached hydrogens (primary N) is 1. The van der Waals surface area contributed by atoms with Gasteiger partial charge in [-0.15, -0.1) is 0 Å². The summed E-state index contributed by atoms with van der Waals surface area (Å²) >= 11 is 0. The molecule has 0 aliphatic rings. The number of rotatable bonds is 5. The molecule has 0 unspecified atom stereocenters. The second-order valence-corrected chi connectivity index (χ2v) is 4.93. The predicted octanol–water partition coefficient (Wildman–Crippen LogP) is 2.49. The summed E-state index contributed by atoms with van der Waals surface area (Å²) in [6.45, 7) is 0.565. The van der Waals surface area contributed by atoms with Gasteiger partial charge >= 0.3 is 0 Å². The first-order valence-corrected chi connectivity index (χ1v) is 7.09. The Morgan fingerprint density at radius 1 is 0.905 bits per heavy atom. The highest BCUT2D eigenvalue weighted by Crippen LogP contribution is 2.29. The zero-order chi connectivity index (χ0) is 14.5. The zero-order valence-corrected chi connectivity index (χ0v) is 11.7. The van der Waals surface area contributed by atoms with Crippen molar-refractivity contribution in [3.05, 3.63) is 83.4 Å². The molecule has 0 fully saturated rings. The van der Waals surface area contributed by atoms with Gasteiger partial charge in [-0.2, -0.15) is 5.10 Å². The largest absolute Gasteiger partial charge is 0.330 e. The first-order valence-electron chi connectivity index (χ1n) is 7.09. The van der Waals surface area contributed by atoms with Crippen LogP contribution in [-0.4, -0.2) is 21.7 Å². The van der Waals surface area contributed by atoms with Crippen molar-refractivity contribution < 1.29 is 0 Å². The quantitative estimate of drug-likeness (QED) is 0.753. The molecule has 1 heterocycles. The number of hydrogen-bond acceptors (Lipinski definition) is 3. The van der Waals surface area contributed by atoms with Crippen molar-refractivity contribution >= 4 is 0 Å². The van der Waals surface area contributed by atoms with Crippen molar-refractivity contribution in [1.29, 1.82) is 0 Å². The summed E-state index contributed by atoms with van der Waals surface area (Å²) in [5, 5.41) is 7.38. The molecule has 0 radical (unpaired) electrons. The Kier molecular flexibility index (Phi) is 4.07. The molecule has 4 heteroatoms. The molecule has 0 bridgehead atoms. The molecule has 0 atom stereocenters. The van der Waals surface area contributed by atoms with Gasteiger partial charge in [-0.1, -0.05) is 60.7 Å². The Balaban J connectivity index is 2.03. The predicted molar refractivity (Wildman–Crippen MR) is 83.0 cm³/mol. The molecule has 21 heavy (non-hydrogen) atoms. The molecule has 3 rings (SSSR count). The lowest BCUT2D eigenvalue weighted by Gasteiger charge is -2.14. The number of nitrogens with one attached hydrogen (secondary N) is 1. The van der Waals surface area contributed by atoms with E-state index in [1.165, 1.54) is 11.1 Å². The highest BCUT2D eigenvalue weighted by Gasteiger charge is 2.20. The second kappa shape index (κ2) is 6.33. The maximum atomic E-state index is 5.58. The SMILES string of the molecule is NCCc1nc(C(c2ccccc2)c2ccccc2)n[nH]1. The number of aromatic nitrogens is 3. The summed E-state index contributed by atoms with van der Waals surface area (Å²) < 4.78 is 0. The molecule has 3 N–H and O–H groups in total. The minimum Gasteiger partial charge on any atom is -0.330 e. The van der Waals surface area contributed by atoms with Crippen LogP contribution in [0.2, 0.25) is 0 Å². The zero-order valence-electron chi connectivity index (χ0n) is 11.7. The van der Waals surface area contributed by atoms with Gasteiger partial charge in [0.2, 0.25) is 0 Å². The van der Waals surface area contributed by atoms with E-state index >= 15 is 0 Å². The molecule has 0 saturated heterocycles. The molecule has 106 valence electrons. The number of H-pyrrole nitrogens is 1. The Morgan fingerprint density at radius 2 is 1.48 bits per heavy atom. The van der Waals surface area contributed by atoms with Gasteiger partial charge in [0.15, 0.2) is 5.82 Å². The van der Waals surface area contributed by atoms with Crippen LogP contribution in [0.1, 0.15) is 28.7 Å². The van der Waals surface area contributed by atoms with E-state index in [0.717, 1.165) is 11.6 Å². The van der Waals surface area contributed by atoms with Crippen molar-refractivity contribution in [1.82, 2.24) is 15.2 Å². The number of hydrogen-bond donors (Lipinski definition) is 2. The van der Waals surface area contributed by atoms with Crippen LogP contribution in [0.4, 0.5) is 0 Å². The Hall–Kier alpha value is -2.46. The van der Waals surface area contributed by atoms with E-state index < -0.39 is 0 Å². The van der Waals surface area contributed by atoms with E-state index in [1.807, 2.05) is 36.4 Å². The molecule has 0 saturated carbocycles. The first kappa shape index (κ1) is 13.5. The highest BCUT2D eigenvalue weighted by molar-refractivity contribution is 5.38. The van der Waals surface area contributed by atoms with Gasteiger partial charge in [0, 0.05) is 6.42 Å². The monoisotopic (exact) mass is 278 g/mol. The lowest BCUT2D eigenvalue weighted by Crippen LogP contribution is -2.06. The van der Waals surface area contributed by atoms with Crippen LogP contribution in [0.15, 0.2) is 60.7 Å². The topological polar surface area (TPSA) is 67.6 Å². The molecule has 2 aromatic carbocycles. The van der Waals surface area contributed by atoms with Crippen molar-refractivity contribution in [2.75, 3.05) is 6.54 Å². The van der Waals surface area contributed by atoms with Gasteiger partial charge in [0.05, 0.1) is 5.92 Å². The second-order valence-electron chi connectivity index (χ2n) is 4.93. The standard InChI is InChI=1S/C17H18N4/c18-12-11-15-19-17(21-20-15)16(13-7-3-1-4-8-13)14-9-5-2-6-10-14/h1-10,16H,11-12,18H2,(H,19,20,21). The maximum absolute atomic E-state index is 5.58. The van der Waals surface area contributed by atoms with Crippen molar-refractivity contribution in [2.45, 2.75) is 12.3 Å². The Bertz CT molecular complexity index is 637. The molecule has 0 spiro atoms. The lowest BCUT2D eigenvalue weighted by atomic mass is 9.91. The molecule has 3 aromatic rings. The van der Waals surface area contributed by atoms with E-state index in [4.69, 9.17) is 5.73 Å². The molecule has 0 aliphatic heterocycles. The van der Waals surface area contributed by atoms with Gasteiger partial charge in [-0.05, 0) is 17.7 Å². The summed E-state index contributed by atoms with van der Waals surface area (Å²) in [5.74, 6) is 1.66. The van der Waals surface area contributed by atoms with E-state index in [9.17, 15) is 0 Å². The number of nitrogens with zero attached hydrogens (tertiary/aromatic N) is 2. The van der Waals surface area contributed by atoms with E-state index in [1.54, 1.807) is 0 Å². The molecular formula is C17H18N4. The Labute approximate surface area is 124 Å². The molecule has 0 amide bonds. The van der Waals surface area contributed by atoms with E-state index in [0.29, 0.717) is 13.0 Å². The van der Waals surface area contributed by atoms with Crippen LogP contribution in [-0.2, 0) is 6.42 Å². The molecule has 1 aromatic heterocycles. The van der Waals surface area contributed by atoms with Gasteiger partial charge in [-0.25, -0.2) is 4.98 Å². The van der Waals surface area contributed by atoms with Crippen molar-refractivity contribution in [3.8, 4) is 0 Å². The molecule has 0 aliphatic carbocycles. The Morgan fingerprint density at radius 3 is 2.00 bits per heavy atom. The van der Waals surface area contributed by atoms with Crippen molar-refractivity contribution in [3.63, 3.8) is 0 Å². The van der Waals surface area contributed by atoms with Crippen LogP contribution >= 0.6 is 0 Å². The van der Waals surface area contributed by atoms with Crippen LogP contribution in [0, 0.1) is 0 Å². The average Bonchev–Trinajstić information content (AvgIpc) is 2.98. The van der Waals surface area contributed by atoms with Gasteiger partial charge < -0.3 is 5.73 Å². The minimum absolute atomic E-state index is 0.0372.